The lowest BCUT2D eigenvalue weighted by atomic mass is 9.75. The summed E-state index contributed by atoms with van der Waals surface area (Å²) in [4.78, 5) is 12.9. The van der Waals surface area contributed by atoms with Crippen molar-refractivity contribution in [3.8, 4) is 5.75 Å². The molecule has 3 aliphatic rings. The van der Waals surface area contributed by atoms with Crippen molar-refractivity contribution in [3.63, 3.8) is 0 Å². The predicted octanol–water partition coefficient (Wildman–Crippen LogP) is 5.11. The van der Waals surface area contributed by atoms with Crippen LogP contribution in [-0.4, -0.2) is 18.2 Å². The summed E-state index contributed by atoms with van der Waals surface area (Å²) < 4.78 is 12.1. The van der Waals surface area contributed by atoms with Crippen LogP contribution < -0.4 is 4.74 Å². The van der Waals surface area contributed by atoms with Crippen molar-refractivity contribution in [2.24, 2.45) is 17.8 Å². The second-order valence-corrected chi connectivity index (χ2v) is 8.34. The molecule has 25 heavy (non-hydrogen) atoms. The first kappa shape index (κ1) is 16.7. The minimum Gasteiger partial charge on any atom is -0.488 e. The molecular formula is C22H28O3. The number of esters is 1. The van der Waals surface area contributed by atoms with E-state index in [1.807, 2.05) is 12.1 Å². The molecule has 4 rings (SSSR count). The van der Waals surface area contributed by atoms with Gasteiger partial charge in [-0.05, 0) is 36.7 Å². The summed E-state index contributed by atoms with van der Waals surface area (Å²) in [5, 5.41) is 0. The summed E-state index contributed by atoms with van der Waals surface area (Å²) in [6.07, 6.45) is 8.81. The second kappa shape index (κ2) is 6.51. The number of para-hydroxylation sites is 1. The topological polar surface area (TPSA) is 35.5 Å². The van der Waals surface area contributed by atoms with Gasteiger partial charge in [-0.25, -0.2) is 4.79 Å². The van der Waals surface area contributed by atoms with Gasteiger partial charge >= 0.3 is 5.97 Å². The Balaban J connectivity index is 1.56. The van der Waals surface area contributed by atoms with Gasteiger partial charge in [0.15, 0.2) is 0 Å². The molecule has 0 saturated heterocycles. The number of hydrogen-bond donors (Lipinski definition) is 0. The van der Waals surface area contributed by atoms with E-state index in [0.717, 1.165) is 30.6 Å². The third-order valence-electron chi connectivity index (χ3n) is 6.23. The first-order chi connectivity index (χ1) is 12.0. The molecule has 0 spiro atoms. The van der Waals surface area contributed by atoms with E-state index in [0.29, 0.717) is 29.2 Å². The number of ether oxygens (including phenoxy) is 2. The SMILES string of the molecule is CC(C)[C@@H]1CC[C@H](C)CC1OC(=O)c1cccc2c1OC1CC=CC21. The number of hydrogen-bond acceptors (Lipinski definition) is 3. The normalized spacial score (nSPS) is 33.0. The van der Waals surface area contributed by atoms with Gasteiger partial charge in [0.25, 0.3) is 0 Å². The van der Waals surface area contributed by atoms with Gasteiger partial charge in [0.1, 0.15) is 23.5 Å². The summed E-state index contributed by atoms with van der Waals surface area (Å²) in [7, 11) is 0. The van der Waals surface area contributed by atoms with E-state index >= 15 is 0 Å². The minimum absolute atomic E-state index is 0.0212. The van der Waals surface area contributed by atoms with Crippen LogP contribution in [0.1, 0.15) is 68.3 Å². The van der Waals surface area contributed by atoms with Gasteiger partial charge in [0, 0.05) is 17.9 Å². The Morgan fingerprint density at radius 1 is 1.28 bits per heavy atom. The molecule has 0 N–H and O–H groups in total. The first-order valence-corrected chi connectivity index (χ1v) is 9.71. The van der Waals surface area contributed by atoms with Crippen molar-refractivity contribution in [2.45, 2.75) is 64.6 Å². The van der Waals surface area contributed by atoms with E-state index in [1.54, 1.807) is 0 Å². The molecule has 3 heteroatoms. The zero-order valence-electron chi connectivity index (χ0n) is 15.4. The average Bonchev–Trinajstić information content (AvgIpc) is 3.15. The van der Waals surface area contributed by atoms with Crippen molar-refractivity contribution in [1.82, 2.24) is 0 Å². The van der Waals surface area contributed by atoms with Gasteiger partial charge < -0.3 is 9.47 Å². The summed E-state index contributed by atoms with van der Waals surface area (Å²) in [6.45, 7) is 6.73. The molecular weight excluding hydrogens is 312 g/mol. The highest BCUT2D eigenvalue weighted by molar-refractivity contribution is 5.93. The van der Waals surface area contributed by atoms with Crippen LogP contribution in [0.3, 0.4) is 0 Å². The van der Waals surface area contributed by atoms with Gasteiger partial charge in [-0.1, -0.05) is 51.5 Å². The standard InChI is InChI=1S/C22H28O3/c1-13(2)15-11-10-14(3)12-20(15)25-22(23)18-8-4-7-17-16-6-5-9-19(16)24-21(17)18/h4-8,13-16,19-20H,9-12H2,1-3H3/t14-,15-,16?,19?,20?/m0/s1. The van der Waals surface area contributed by atoms with Crippen LogP contribution in [0.4, 0.5) is 0 Å². The maximum Gasteiger partial charge on any atom is 0.342 e. The molecule has 1 heterocycles. The van der Waals surface area contributed by atoms with E-state index in [4.69, 9.17) is 9.47 Å². The fourth-order valence-electron chi connectivity index (χ4n) is 4.77. The van der Waals surface area contributed by atoms with Gasteiger partial charge in [0.2, 0.25) is 0 Å². The van der Waals surface area contributed by atoms with Crippen LogP contribution >= 0.6 is 0 Å². The minimum atomic E-state index is -0.217. The fourth-order valence-corrected chi connectivity index (χ4v) is 4.77. The lowest BCUT2D eigenvalue weighted by Gasteiger charge is -2.36. The zero-order valence-corrected chi connectivity index (χ0v) is 15.4. The molecule has 1 saturated carbocycles. The fraction of sp³-hybridized carbons (Fsp3) is 0.591. The highest BCUT2D eigenvalue weighted by Gasteiger charge is 2.39. The van der Waals surface area contributed by atoms with Gasteiger partial charge in [0.05, 0.1) is 0 Å². The monoisotopic (exact) mass is 340 g/mol. The molecule has 3 unspecified atom stereocenters. The van der Waals surface area contributed by atoms with Crippen LogP contribution in [0, 0.1) is 17.8 Å². The smallest absolute Gasteiger partial charge is 0.342 e. The maximum atomic E-state index is 12.9. The molecule has 1 fully saturated rings. The van der Waals surface area contributed by atoms with E-state index in [1.165, 1.54) is 6.42 Å². The molecule has 0 amide bonds. The van der Waals surface area contributed by atoms with E-state index in [-0.39, 0.29) is 18.2 Å². The van der Waals surface area contributed by atoms with Gasteiger partial charge in [-0.15, -0.1) is 0 Å². The Labute approximate surface area is 150 Å². The summed E-state index contributed by atoms with van der Waals surface area (Å²) >= 11 is 0. The Morgan fingerprint density at radius 2 is 2.12 bits per heavy atom. The van der Waals surface area contributed by atoms with Crippen LogP contribution in [-0.2, 0) is 4.74 Å². The highest BCUT2D eigenvalue weighted by atomic mass is 16.5. The number of benzene rings is 1. The van der Waals surface area contributed by atoms with E-state index in [2.05, 4.69) is 39.0 Å². The van der Waals surface area contributed by atoms with Crippen LogP contribution in [0.15, 0.2) is 30.4 Å². The number of carbonyl (C=O) groups is 1. The van der Waals surface area contributed by atoms with Gasteiger partial charge in [-0.3, -0.25) is 0 Å². The Hall–Kier alpha value is -1.77. The molecule has 0 aromatic heterocycles. The predicted molar refractivity (Wildman–Crippen MR) is 97.9 cm³/mol. The molecule has 3 nitrogen and oxygen atoms in total. The average molecular weight is 340 g/mol. The third-order valence-corrected chi connectivity index (χ3v) is 6.23. The lowest BCUT2D eigenvalue weighted by molar-refractivity contribution is -0.0176. The lowest BCUT2D eigenvalue weighted by Crippen LogP contribution is -2.36. The highest BCUT2D eigenvalue weighted by Crippen LogP contribution is 2.45. The van der Waals surface area contributed by atoms with Crippen molar-refractivity contribution in [2.75, 3.05) is 0 Å². The van der Waals surface area contributed by atoms with Crippen molar-refractivity contribution in [3.05, 3.63) is 41.5 Å². The Morgan fingerprint density at radius 3 is 2.92 bits per heavy atom. The maximum absolute atomic E-state index is 12.9. The molecule has 1 aliphatic heterocycles. The summed E-state index contributed by atoms with van der Waals surface area (Å²) in [5.74, 6) is 2.44. The molecule has 5 atom stereocenters. The number of rotatable bonds is 3. The van der Waals surface area contributed by atoms with Crippen molar-refractivity contribution >= 4 is 5.97 Å². The summed E-state index contributed by atoms with van der Waals surface area (Å²) in [6, 6.07) is 5.88. The largest absolute Gasteiger partial charge is 0.488 e. The van der Waals surface area contributed by atoms with Crippen LogP contribution in [0.5, 0.6) is 5.75 Å². The molecule has 2 aliphatic carbocycles. The quantitative estimate of drug-likeness (QED) is 0.567. The Bertz CT molecular complexity index is 691. The third kappa shape index (κ3) is 2.98. The van der Waals surface area contributed by atoms with Crippen molar-refractivity contribution in [1.29, 1.82) is 0 Å². The summed E-state index contributed by atoms with van der Waals surface area (Å²) in [5.41, 5.74) is 1.73. The van der Waals surface area contributed by atoms with Crippen LogP contribution in [0.2, 0.25) is 0 Å². The van der Waals surface area contributed by atoms with Gasteiger partial charge in [-0.2, -0.15) is 0 Å². The number of fused-ring (bicyclic) bond motifs is 3. The van der Waals surface area contributed by atoms with Crippen molar-refractivity contribution < 1.29 is 14.3 Å². The number of carbonyl (C=O) groups excluding carboxylic acids is 1. The molecule has 134 valence electrons. The molecule has 0 bridgehead atoms. The second-order valence-electron chi connectivity index (χ2n) is 8.34. The first-order valence-electron chi connectivity index (χ1n) is 9.71. The Kier molecular flexibility index (Phi) is 4.35. The van der Waals surface area contributed by atoms with Crippen LogP contribution in [0.25, 0.3) is 0 Å². The van der Waals surface area contributed by atoms with E-state index < -0.39 is 0 Å². The molecule has 1 aromatic carbocycles. The zero-order chi connectivity index (χ0) is 17.6. The molecule has 0 radical (unpaired) electrons. The van der Waals surface area contributed by atoms with E-state index in [9.17, 15) is 4.79 Å². The molecule has 1 aromatic rings.